The first kappa shape index (κ1) is 13.1. The molecule has 0 heterocycles. The molecule has 4 heteroatoms. The Morgan fingerprint density at radius 2 is 1.93 bits per heavy atom. The van der Waals surface area contributed by atoms with Gasteiger partial charge in [0, 0.05) is 11.1 Å². The molecule has 1 unspecified atom stereocenters. The van der Waals surface area contributed by atoms with Crippen LogP contribution >= 0.6 is 0 Å². The fourth-order valence-corrected chi connectivity index (χ4v) is 0.851. The average Bonchev–Trinajstić information content (AvgIpc) is 2.00. The van der Waals surface area contributed by atoms with Gasteiger partial charge in [-0.2, -0.15) is 0 Å². The Balaban J connectivity index is 4.29. The second kappa shape index (κ2) is 4.57. The Labute approximate surface area is 85.1 Å². The average molecular weight is 201 g/mol. The lowest BCUT2D eigenvalue weighted by Crippen LogP contribution is -2.46. The predicted octanol–water partition coefficient (Wildman–Crippen LogP) is 1.94. The third kappa shape index (κ3) is 3.89. The number of ether oxygens (including phenoxy) is 1. The predicted molar refractivity (Wildman–Crippen MR) is 53.7 cm³/mol. The first-order valence-corrected chi connectivity index (χ1v) is 4.51. The Kier molecular flexibility index (Phi) is 4.29. The van der Waals surface area contributed by atoms with Gasteiger partial charge in [-0.15, -0.1) is 5.06 Å². The van der Waals surface area contributed by atoms with Gasteiger partial charge in [0.1, 0.15) is 0 Å². The van der Waals surface area contributed by atoms with Gasteiger partial charge in [-0.05, 0) is 34.6 Å². The van der Waals surface area contributed by atoms with Crippen LogP contribution in [0.1, 0.15) is 34.6 Å². The van der Waals surface area contributed by atoms with Crippen molar-refractivity contribution in [1.29, 1.82) is 0 Å². The van der Waals surface area contributed by atoms with Crippen LogP contribution in [0.15, 0.2) is 12.2 Å². The molecule has 4 nitrogen and oxygen atoms in total. The summed E-state index contributed by atoms with van der Waals surface area (Å²) in [5.41, 5.74) is -0.145. The normalized spacial score (nSPS) is 13.9. The quantitative estimate of drug-likeness (QED) is 0.328. The van der Waals surface area contributed by atoms with Gasteiger partial charge < -0.3 is 9.94 Å². The Morgan fingerprint density at radius 3 is 2.21 bits per heavy atom. The van der Waals surface area contributed by atoms with Crippen LogP contribution in [0.2, 0.25) is 0 Å². The molecule has 0 aromatic rings. The Morgan fingerprint density at radius 1 is 1.50 bits per heavy atom. The van der Waals surface area contributed by atoms with Crippen molar-refractivity contribution in [3.05, 3.63) is 12.2 Å². The third-order valence-corrected chi connectivity index (χ3v) is 1.66. The minimum absolute atomic E-state index is 0.319. The largest absolute Gasteiger partial charge is 0.441 e. The molecule has 0 spiro atoms. The SMILES string of the molecule is C=C(C)C(=O)OC(C)N(O)C(C)(C)C. The van der Waals surface area contributed by atoms with Crippen molar-refractivity contribution < 1.29 is 14.7 Å². The zero-order chi connectivity index (χ0) is 11.5. The van der Waals surface area contributed by atoms with Gasteiger partial charge in [0.25, 0.3) is 0 Å². The number of hydrogen-bond acceptors (Lipinski definition) is 4. The molecule has 0 rings (SSSR count). The topological polar surface area (TPSA) is 49.8 Å². The van der Waals surface area contributed by atoms with E-state index in [1.165, 1.54) is 0 Å². The number of hydrogen-bond donors (Lipinski definition) is 1. The van der Waals surface area contributed by atoms with E-state index in [4.69, 9.17) is 4.74 Å². The molecule has 0 amide bonds. The molecule has 0 bridgehead atoms. The summed E-state index contributed by atoms with van der Waals surface area (Å²) in [5, 5.41) is 10.6. The molecule has 0 aromatic carbocycles. The van der Waals surface area contributed by atoms with Gasteiger partial charge in [0.2, 0.25) is 0 Å². The van der Waals surface area contributed by atoms with Crippen molar-refractivity contribution in [3.63, 3.8) is 0 Å². The van der Waals surface area contributed by atoms with Crippen LogP contribution in [-0.2, 0) is 9.53 Å². The molecule has 14 heavy (non-hydrogen) atoms. The summed E-state index contributed by atoms with van der Waals surface area (Å²) >= 11 is 0. The highest BCUT2D eigenvalue weighted by atomic mass is 16.6. The maximum Gasteiger partial charge on any atom is 0.334 e. The number of rotatable bonds is 3. The molecule has 0 radical (unpaired) electrons. The summed E-state index contributed by atoms with van der Waals surface area (Å²) in [5.74, 6) is -0.499. The Hall–Kier alpha value is -0.870. The summed E-state index contributed by atoms with van der Waals surface area (Å²) in [4.78, 5) is 11.1. The van der Waals surface area contributed by atoms with Gasteiger partial charge in [0.05, 0.1) is 0 Å². The van der Waals surface area contributed by atoms with E-state index in [0.29, 0.717) is 5.57 Å². The monoisotopic (exact) mass is 201 g/mol. The van der Waals surface area contributed by atoms with E-state index < -0.39 is 17.7 Å². The molecule has 0 aliphatic heterocycles. The van der Waals surface area contributed by atoms with E-state index in [0.717, 1.165) is 5.06 Å². The first-order valence-electron chi connectivity index (χ1n) is 4.51. The minimum atomic E-state index is -0.681. The van der Waals surface area contributed by atoms with Crippen molar-refractivity contribution in [3.8, 4) is 0 Å². The fraction of sp³-hybridized carbons (Fsp3) is 0.700. The number of hydroxylamine groups is 2. The number of esters is 1. The second-order valence-electron chi connectivity index (χ2n) is 4.30. The van der Waals surface area contributed by atoms with E-state index in [-0.39, 0.29) is 0 Å². The van der Waals surface area contributed by atoms with Gasteiger partial charge in [0.15, 0.2) is 6.23 Å². The molecular weight excluding hydrogens is 182 g/mol. The summed E-state index contributed by atoms with van der Waals surface area (Å²) in [6.45, 7) is 12.1. The van der Waals surface area contributed by atoms with Crippen LogP contribution in [0.5, 0.6) is 0 Å². The van der Waals surface area contributed by atoms with Gasteiger partial charge in [-0.1, -0.05) is 6.58 Å². The summed E-state index contributed by atoms with van der Waals surface area (Å²) in [6.07, 6.45) is -0.681. The molecular formula is C10H19NO3. The molecule has 0 aliphatic carbocycles. The van der Waals surface area contributed by atoms with Crippen LogP contribution < -0.4 is 0 Å². The summed E-state index contributed by atoms with van der Waals surface area (Å²) in [6, 6.07) is 0. The van der Waals surface area contributed by atoms with Gasteiger partial charge >= 0.3 is 5.97 Å². The van der Waals surface area contributed by atoms with E-state index in [1.54, 1.807) is 13.8 Å². The smallest absolute Gasteiger partial charge is 0.334 e. The maximum absolute atomic E-state index is 11.1. The molecule has 0 saturated carbocycles. The van der Waals surface area contributed by atoms with Crippen LogP contribution in [0.25, 0.3) is 0 Å². The second-order valence-corrected chi connectivity index (χ2v) is 4.30. The summed E-state index contributed by atoms with van der Waals surface area (Å²) < 4.78 is 4.94. The maximum atomic E-state index is 11.1. The van der Waals surface area contributed by atoms with E-state index >= 15 is 0 Å². The fourth-order valence-electron chi connectivity index (χ4n) is 0.851. The van der Waals surface area contributed by atoms with Crippen molar-refractivity contribution in [2.45, 2.75) is 46.4 Å². The van der Waals surface area contributed by atoms with Crippen molar-refractivity contribution in [2.24, 2.45) is 0 Å². The Bertz CT molecular complexity index is 230. The van der Waals surface area contributed by atoms with Crippen molar-refractivity contribution in [1.82, 2.24) is 5.06 Å². The first-order chi connectivity index (χ1) is 6.16. The number of nitrogens with zero attached hydrogens (tertiary/aromatic N) is 1. The van der Waals surface area contributed by atoms with Crippen molar-refractivity contribution >= 4 is 5.97 Å². The van der Waals surface area contributed by atoms with Crippen LogP contribution in [0.3, 0.4) is 0 Å². The standard InChI is InChI=1S/C10H19NO3/c1-7(2)9(12)14-8(3)11(13)10(4,5)6/h8,13H,1H2,2-6H3. The zero-order valence-electron chi connectivity index (χ0n) is 9.50. The zero-order valence-corrected chi connectivity index (χ0v) is 9.50. The highest BCUT2D eigenvalue weighted by Crippen LogP contribution is 2.15. The molecule has 0 aliphatic rings. The summed E-state index contributed by atoms with van der Waals surface area (Å²) in [7, 11) is 0. The molecule has 82 valence electrons. The van der Waals surface area contributed by atoms with Crippen LogP contribution in [0.4, 0.5) is 0 Å². The van der Waals surface area contributed by atoms with E-state index in [1.807, 2.05) is 20.8 Å². The lowest BCUT2D eigenvalue weighted by atomic mass is 10.1. The molecule has 0 saturated heterocycles. The van der Waals surface area contributed by atoms with Gasteiger partial charge in [-0.25, -0.2) is 4.79 Å². The lowest BCUT2D eigenvalue weighted by molar-refractivity contribution is -0.246. The molecule has 1 atom stereocenters. The van der Waals surface area contributed by atoms with Crippen LogP contribution in [-0.4, -0.2) is 28.0 Å². The highest BCUT2D eigenvalue weighted by molar-refractivity contribution is 5.87. The minimum Gasteiger partial charge on any atom is -0.441 e. The van der Waals surface area contributed by atoms with Gasteiger partial charge in [-0.3, -0.25) is 0 Å². The molecule has 0 aromatic heterocycles. The third-order valence-electron chi connectivity index (χ3n) is 1.66. The van der Waals surface area contributed by atoms with Crippen molar-refractivity contribution in [2.75, 3.05) is 0 Å². The van der Waals surface area contributed by atoms with E-state index in [9.17, 15) is 10.0 Å². The van der Waals surface area contributed by atoms with Crippen LogP contribution in [0, 0.1) is 0 Å². The number of carbonyl (C=O) groups is 1. The highest BCUT2D eigenvalue weighted by Gasteiger charge is 2.27. The van der Waals surface area contributed by atoms with E-state index in [2.05, 4.69) is 6.58 Å². The molecule has 0 fully saturated rings. The lowest BCUT2D eigenvalue weighted by Gasteiger charge is -2.33. The molecule has 1 N–H and O–H groups in total. The number of carbonyl (C=O) groups excluding carboxylic acids is 1.